The monoisotopic (exact) mass is 480 g/mol. The molecule has 0 radical (unpaired) electrons. The van der Waals surface area contributed by atoms with Crippen LogP contribution in [0, 0.1) is 5.82 Å². The lowest BCUT2D eigenvalue weighted by Crippen LogP contribution is -2.06. The highest BCUT2D eigenvalue weighted by Gasteiger charge is 2.16. The molecule has 0 atom stereocenters. The van der Waals surface area contributed by atoms with Crippen molar-refractivity contribution >= 4 is 47.0 Å². The summed E-state index contributed by atoms with van der Waals surface area (Å²) in [6.07, 6.45) is 2.61. The van der Waals surface area contributed by atoms with Gasteiger partial charge in [0.25, 0.3) is 0 Å². The van der Waals surface area contributed by atoms with Gasteiger partial charge in [-0.2, -0.15) is 20.1 Å². The van der Waals surface area contributed by atoms with Gasteiger partial charge in [-0.25, -0.2) is 9.82 Å². The smallest absolute Gasteiger partial charge is 0.248 e. The van der Waals surface area contributed by atoms with Crippen LogP contribution in [0.2, 0.25) is 10.0 Å². The van der Waals surface area contributed by atoms with Crippen molar-refractivity contribution in [2.24, 2.45) is 5.10 Å². The van der Waals surface area contributed by atoms with Crippen molar-refractivity contribution in [1.29, 1.82) is 0 Å². The Balaban J connectivity index is 1.65. The Morgan fingerprint density at radius 2 is 1.64 bits per heavy atom. The minimum Gasteiger partial charge on any atom is -0.324 e. The van der Waals surface area contributed by atoms with Gasteiger partial charge in [-0.1, -0.05) is 60.5 Å². The lowest BCUT2D eigenvalue weighted by Gasteiger charge is -2.10. The molecule has 1 heterocycles. The van der Waals surface area contributed by atoms with Gasteiger partial charge in [-0.3, -0.25) is 0 Å². The third-order valence-electron chi connectivity index (χ3n) is 4.69. The van der Waals surface area contributed by atoms with Gasteiger partial charge in [-0.15, -0.1) is 0 Å². The molecule has 0 fully saturated rings. The van der Waals surface area contributed by atoms with Crippen LogP contribution in [0.25, 0.3) is 11.4 Å². The highest BCUT2D eigenvalue weighted by atomic mass is 35.5. The zero-order valence-corrected chi connectivity index (χ0v) is 19.1. The van der Waals surface area contributed by atoms with Gasteiger partial charge >= 0.3 is 0 Å². The second-order valence-electron chi connectivity index (χ2n) is 7.00. The fourth-order valence-corrected chi connectivity index (χ4v) is 3.34. The highest BCUT2D eigenvalue weighted by Crippen LogP contribution is 2.29. The summed E-state index contributed by atoms with van der Waals surface area (Å²) in [5.74, 6) is -0.171. The molecule has 0 spiro atoms. The van der Waals surface area contributed by atoms with E-state index in [9.17, 15) is 4.39 Å². The van der Waals surface area contributed by atoms with E-state index in [-0.39, 0.29) is 28.3 Å². The van der Waals surface area contributed by atoms with E-state index >= 15 is 0 Å². The van der Waals surface area contributed by atoms with E-state index in [2.05, 4.69) is 37.7 Å². The summed E-state index contributed by atoms with van der Waals surface area (Å²) in [5.41, 5.74) is 5.70. The van der Waals surface area contributed by atoms with Crippen LogP contribution in [0.3, 0.4) is 0 Å². The van der Waals surface area contributed by atoms with Crippen molar-refractivity contribution in [3.8, 4) is 11.4 Å². The summed E-state index contributed by atoms with van der Waals surface area (Å²) in [6.45, 7) is 2.10. The number of benzene rings is 3. The zero-order chi connectivity index (χ0) is 23.2. The maximum absolute atomic E-state index is 14.5. The molecule has 0 aliphatic carbocycles. The predicted octanol–water partition coefficient (Wildman–Crippen LogP) is 6.74. The molecule has 0 saturated carbocycles. The van der Waals surface area contributed by atoms with Gasteiger partial charge < -0.3 is 5.32 Å². The number of aryl methyl sites for hydroxylation is 1. The number of nitrogens with one attached hydrogen (secondary N) is 2. The maximum atomic E-state index is 14.5. The van der Waals surface area contributed by atoms with E-state index in [1.54, 1.807) is 36.5 Å². The number of hydrogen-bond acceptors (Lipinski definition) is 6. The van der Waals surface area contributed by atoms with Gasteiger partial charge in [-0.05, 0) is 53.9 Å². The number of nitrogens with zero attached hydrogens (tertiary/aromatic N) is 4. The van der Waals surface area contributed by atoms with Crippen LogP contribution in [0.15, 0.2) is 71.8 Å². The lowest BCUT2D eigenvalue weighted by molar-refractivity contribution is 0.630. The Morgan fingerprint density at radius 3 is 2.33 bits per heavy atom. The summed E-state index contributed by atoms with van der Waals surface area (Å²) in [4.78, 5) is 13.0. The first-order chi connectivity index (χ1) is 16.0. The summed E-state index contributed by atoms with van der Waals surface area (Å²) in [5, 5.41) is 8.05. The fraction of sp³-hybridized carbons (Fsp3) is 0.0833. The Bertz CT molecular complexity index is 1260. The van der Waals surface area contributed by atoms with Gasteiger partial charge in [0.15, 0.2) is 5.82 Å². The normalized spacial score (nSPS) is 11.0. The zero-order valence-electron chi connectivity index (χ0n) is 17.6. The van der Waals surface area contributed by atoms with E-state index < -0.39 is 5.82 Å². The van der Waals surface area contributed by atoms with E-state index in [1.165, 1.54) is 17.7 Å². The Labute approximate surface area is 200 Å². The molecule has 0 bridgehead atoms. The topological polar surface area (TPSA) is 75.1 Å². The quantitative estimate of drug-likeness (QED) is 0.226. The van der Waals surface area contributed by atoms with Crippen molar-refractivity contribution in [3.05, 3.63) is 93.7 Å². The third-order valence-corrected chi connectivity index (χ3v) is 5.26. The highest BCUT2D eigenvalue weighted by molar-refractivity contribution is 6.33. The van der Waals surface area contributed by atoms with E-state index in [0.29, 0.717) is 10.7 Å². The molecule has 0 unspecified atom stereocenters. The summed E-state index contributed by atoms with van der Waals surface area (Å²) < 4.78 is 14.5. The standard InChI is InChI=1S/C24H19Cl2FN6/c1-2-15-6-8-16(9-7-15)14-28-33-24-31-22(21-19(26)4-3-5-20(21)27)30-23(32-24)29-18-12-10-17(25)11-13-18/h3-14H,2H2,1H3,(H2,29,30,31,32,33). The second kappa shape index (κ2) is 10.4. The largest absolute Gasteiger partial charge is 0.324 e. The van der Waals surface area contributed by atoms with Crippen molar-refractivity contribution in [2.75, 3.05) is 10.7 Å². The molecule has 1 aromatic heterocycles. The van der Waals surface area contributed by atoms with Crippen molar-refractivity contribution < 1.29 is 4.39 Å². The molecule has 2 N–H and O–H groups in total. The molecule has 33 heavy (non-hydrogen) atoms. The van der Waals surface area contributed by atoms with Crippen LogP contribution < -0.4 is 10.7 Å². The lowest BCUT2D eigenvalue weighted by atomic mass is 10.1. The molecule has 9 heteroatoms. The third kappa shape index (κ3) is 5.83. The number of halogens is 3. The van der Waals surface area contributed by atoms with Gasteiger partial charge in [0, 0.05) is 10.7 Å². The van der Waals surface area contributed by atoms with Crippen LogP contribution in [0.4, 0.5) is 22.0 Å². The second-order valence-corrected chi connectivity index (χ2v) is 7.84. The first-order valence-corrected chi connectivity index (χ1v) is 10.9. The minimum absolute atomic E-state index is 0.0644. The maximum Gasteiger partial charge on any atom is 0.248 e. The minimum atomic E-state index is -0.545. The molecule has 4 rings (SSSR count). The molecule has 4 aromatic rings. The Kier molecular flexibility index (Phi) is 7.12. The van der Waals surface area contributed by atoms with E-state index in [0.717, 1.165) is 12.0 Å². The molecular weight excluding hydrogens is 462 g/mol. The van der Waals surface area contributed by atoms with Gasteiger partial charge in [0.2, 0.25) is 11.9 Å². The van der Waals surface area contributed by atoms with Crippen molar-refractivity contribution in [3.63, 3.8) is 0 Å². The number of hydrazone groups is 1. The molecule has 166 valence electrons. The van der Waals surface area contributed by atoms with E-state index in [4.69, 9.17) is 23.2 Å². The number of hydrogen-bond donors (Lipinski definition) is 2. The molecule has 6 nitrogen and oxygen atoms in total. The summed E-state index contributed by atoms with van der Waals surface area (Å²) >= 11 is 12.2. The van der Waals surface area contributed by atoms with Crippen LogP contribution in [0.5, 0.6) is 0 Å². The molecule has 0 aliphatic rings. The molecule has 0 amide bonds. The molecule has 0 aliphatic heterocycles. The summed E-state index contributed by atoms with van der Waals surface area (Å²) in [6, 6.07) is 19.4. The predicted molar refractivity (Wildman–Crippen MR) is 132 cm³/mol. The Hall–Kier alpha value is -3.55. The number of rotatable bonds is 7. The van der Waals surface area contributed by atoms with Crippen molar-refractivity contribution in [2.45, 2.75) is 13.3 Å². The Morgan fingerprint density at radius 1 is 0.909 bits per heavy atom. The van der Waals surface area contributed by atoms with Crippen LogP contribution in [-0.2, 0) is 6.42 Å². The SMILES string of the molecule is CCc1ccc(C=NNc2nc(Nc3ccc(Cl)cc3)nc(-c3c(F)cccc3Cl)n2)cc1. The first kappa shape index (κ1) is 22.6. The van der Waals surface area contributed by atoms with Gasteiger partial charge in [0.1, 0.15) is 5.82 Å². The fourth-order valence-electron chi connectivity index (χ4n) is 2.97. The number of anilines is 3. The first-order valence-electron chi connectivity index (χ1n) is 10.1. The van der Waals surface area contributed by atoms with Crippen LogP contribution >= 0.6 is 23.2 Å². The van der Waals surface area contributed by atoms with Crippen LogP contribution in [-0.4, -0.2) is 21.2 Å². The van der Waals surface area contributed by atoms with Crippen molar-refractivity contribution in [1.82, 2.24) is 15.0 Å². The average molecular weight is 481 g/mol. The average Bonchev–Trinajstić information content (AvgIpc) is 2.81. The van der Waals surface area contributed by atoms with E-state index in [1.807, 2.05) is 24.3 Å². The van der Waals surface area contributed by atoms with Crippen LogP contribution in [0.1, 0.15) is 18.1 Å². The molecular formula is C24H19Cl2FN6. The summed E-state index contributed by atoms with van der Waals surface area (Å²) in [7, 11) is 0. The molecule has 3 aromatic carbocycles. The molecule has 0 saturated heterocycles. The number of aromatic nitrogens is 3. The van der Waals surface area contributed by atoms with Gasteiger partial charge in [0.05, 0.1) is 16.8 Å².